The summed E-state index contributed by atoms with van der Waals surface area (Å²) in [6.07, 6.45) is 1.91. The number of nitrogens with zero attached hydrogens (tertiary/aromatic N) is 2. The van der Waals surface area contributed by atoms with E-state index in [0.29, 0.717) is 24.4 Å². The van der Waals surface area contributed by atoms with Crippen molar-refractivity contribution in [2.24, 2.45) is 5.41 Å². The standard InChI is InChI=1S/C15H19N3O3/c1-15(2,7-8-19)9-16-13(20)11-3-5-12(6-4-11)14-18-17-10-21-14/h3-6,10,19H,7-9H2,1-2H3,(H,16,20). The lowest BCUT2D eigenvalue weighted by atomic mass is 9.89. The Balaban J connectivity index is 1.97. The van der Waals surface area contributed by atoms with Crippen LogP contribution in [0.2, 0.25) is 0 Å². The van der Waals surface area contributed by atoms with Crippen molar-refractivity contribution in [3.8, 4) is 11.5 Å². The lowest BCUT2D eigenvalue weighted by Gasteiger charge is -2.23. The number of rotatable bonds is 6. The molecule has 2 aromatic rings. The third-order valence-corrected chi connectivity index (χ3v) is 3.27. The molecule has 0 atom stereocenters. The average Bonchev–Trinajstić information content (AvgIpc) is 2.99. The van der Waals surface area contributed by atoms with Gasteiger partial charge in [-0.15, -0.1) is 10.2 Å². The van der Waals surface area contributed by atoms with Gasteiger partial charge in [0.25, 0.3) is 5.91 Å². The number of nitrogens with one attached hydrogen (secondary N) is 1. The first-order chi connectivity index (χ1) is 10.0. The topological polar surface area (TPSA) is 88.2 Å². The first-order valence-corrected chi connectivity index (χ1v) is 6.77. The Morgan fingerprint density at radius 2 is 2.05 bits per heavy atom. The van der Waals surface area contributed by atoms with Crippen LogP contribution in [0.15, 0.2) is 35.1 Å². The van der Waals surface area contributed by atoms with Crippen molar-refractivity contribution in [1.29, 1.82) is 0 Å². The highest BCUT2D eigenvalue weighted by molar-refractivity contribution is 5.94. The number of hydrogen-bond acceptors (Lipinski definition) is 5. The molecule has 2 N–H and O–H groups in total. The number of carbonyl (C=O) groups is 1. The fourth-order valence-electron chi connectivity index (χ4n) is 1.88. The number of aromatic nitrogens is 2. The molecule has 0 fully saturated rings. The van der Waals surface area contributed by atoms with Crippen LogP contribution >= 0.6 is 0 Å². The lowest BCUT2D eigenvalue weighted by molar-refractivity contribution is 0.0928. The van der Waals surface area contributed by atoms with E-state index in [9.17, 15) is 4.79 Å². The summed E-state index contributed by atoms with van der Waals surface area (Å²) in [7, 11) is 0. The van der Waals surface area contributed by atoms with Crippen LogP contribution in [0.25, 0.3) is 11.5 Å². The van der Waals surface area contributed by atoms with Crippen LogP contribution in [0.5, 0.6) is 0 Å². The molecule has 0 spiro atoms. The van der Waals surface area contributed by atoms with Gasteiger partial charge in [0.05, 0.1) is 0 Å². The van der Waals surface area contributed by atoms with Crippen LogP contribution in [-0.4, -0.2) is 34.4 Å². The van der Waals surface area contributed by atoms with Gasteiger partial charge in [-0.05, 0) is 36.1 Å². The molecular formula is C15H19N3O3. The smallest absolute Gasteiger partial charge is 0.251 e. The summed E-state index contributed by atoms with van der Waals surface area (Å²) in [5.41, 5.74) is 1.21. The van der Waals surface area contributed by atoms with Crippen molar-refractivity contribution < 1.29 is 14.3 Å². The van der Waals surface area contributed by atoms with Gasteiger partial charge in [-0.1, -0.05) is 13.8 Å². The monoisotopic (exact) mass is 289 g/mol. The Hall–Kier alpha value is -2.21. The van der Waals surface area contributed by atoms with E-state index in [1.54, 1.807) is 24.3 Å². The van der Waals surface area contributed by atoms with Gasteiger partial charge in [-0.3, -0.25) is 4.79 Å². The average molecular weight is 289 g/mol. The Labute approximate surface area is 123 Å². The highest BCUT2D eigenvalue weighted by Crippen LogP contribution is 2.19. The van der Waals surface area contributed by atoms with Crippen LogP contribution in [0.4, 0.5) is 0 Å². The molecular weight excluding hydrogens is 270 g/mol. The molecule has 112 valence electrons. The van der Waals surface area contributed by atoms with E-state index >= 15 is 0 Å². The van der Waals surface area contributed by atoms with Gasteiger partial charge in [0.2, 0.25) is 12.3 Å². The number of amides is 1. The highest BCUT2D eigenvalue weighted by Gasteiger charge is 2.18. The zero-order valence-corrected chi connectivity index (χ0v) is 12.2. The summed E-state index contributed by atoms with van der Waals surface area (Å²) < 4.78 is 5.09. The van der Waals surface area contributed by atoms with E-state index in [0.717, 1.165) is 5.56 Å². The number of aliphatic hydroxyl groups excluding tert-OH is 1. The zero-order valence-electron chi connectivity index (χ0n) is 12.2. The van der Waals surface area contributed by atoms with E-state index in [4.69, 9.17) is 9.52 Å². The van der Waals surface area contributed by atoms with Crippen molar-refractivity contribution in [3.63, 3.8) is 0 Å². The summed E-state index contributed by atoms with van der Waals surface area (Å²) in [4.78, 5) is 12.1. The quantitative estimate of drug-likeness (QED) is 0.847. The summed E-state index contributed by atoms with van der Waals surface area (Å²) in [5.74, 6) is 0.282. The second-order valence-corrected chi connectivity index (χ2v) is 5.64. The summed E-state index contributed by atoms with van der Waals surface area (Å²) in [6.45, 7) is 4.63. The number of benzene rings is 1. The maximum Gasteiger partial charge on any atom is 0.251 e. The first kappa shape index (κ1) is 15.2. The predicted molar refractivity (Wildman–Crippen MR) is 77.6 cm³/mol. The van der Waals surface area contributed by atoms with E-state index in [2.05, 4.69) is 15.5 Å². The van der Waals surface area contributed by atoms with Crippen LogP contribution in [-0.2, 0) is 0 Å². The molecule has 0 bridgehead atoms. The van der Waals surface area contributed by atoms with Gasteiger partial charge in [0.15, 0.2) is 0 Å². The van der Waals surface area contributed by atoms with Crippen molar-refractivity contribution in [1.82, 2.24) is 15.5 Å². The SMILES string of the molecule is CC(C)(CCO)CNC(=O)c1ccc(-c2nnco2)cc1. The molecule has 21 heavy (non-hydrogen) atoms. The molecule has 1 aromatic carbocycles. The Morgan fingerprint density at radius 3 is 2.62 bits per heavy atom. The molecule has 6 heteroatoms. The van der Waals surface area contributed by atoms with E-state index < -0.39 is 0 Å². The minimum Gasteiger partial charge on any atom is -0.423 e. The van der Waals surface area contributed by atoms with Crippen LogP contribution in [0.1, 0.15) is 30.6 Å². The van der Waals surface area contributed by atoms with Crippen molar-refractivity contribution >= 4 is 5.91 Å². The second kappa shape index (κ2) is 6.49. The first-order valence-electron chi connectivity index (χ1n) is 6.77. The van der Waals surface area contributed by atoms with Crippen LogP contribution in [0, 0.1) is 5.41 Å². The minimum absolute atomic E-state index is 0.113. The molecule has 6 nitrogen and oxygen atoms in total. The lowest BCUT2D eigenvalue weighted by Crippen LogP contribution is -2.34. The fraction of sp³-hybridized carbons (Fsp3) is 0.400. The Kier molecular flexibility index (Phi) is 4.70. The third kappa shape index (κ3) is 4.13. The number of hydrogen-bond donors (Lipinski definition) is 2. The molecule has 1 amide bonds. The summed E-state index contributed by atoms with van der Waals surface area (Å²) in [5, 5.41) is 19.3. The molecule has 0 radical (unpaired) electrons. The normalized spacial score (nSPS) is 11.4. The van der Waals surface area contributed by atoms with E-state index in [1.165, 1.54) is 6.39 Å². The van der Waals surface area contributed by atoms with Crippen LogP contribution in [0.3, 0.4) is 0 Å². The maximum atomic E-state index is 12.1. The van der Waals surface area contributed by atoms with Gasteiger partial charge < -0.3 is 14.8 Å². The van der Waals surface area contributed by atoms with E-state index in [1.807, 2.05) is 13.8 Å². The second-order valence-electron chi connectivity index (χ2n) is 5.64. The molecule has 0 aliphatic heterocycles. The minimum atomic E-state index is -0.141. The van der Waals surface area contributed by atoms with Crippen molar-refractivity contribution in [3.05, 3.63) is 36.2 Å². The maximum absolute atomic E-state index is 12.1. The van der Waals surface area contributed by atoms with Gasteiger partial charge in [-0.25, -0.2) is 0 Å². The number of aliphatic hydroxyl groups is 1. The van der Waals surface area contributed by atoms with Gasteiger partial charge in [0.1, 0.15) is 0 Å². The Morgan fingerprint density at radius 1 is 1.33 bits per heavy atom. The molecule has 0 aliphatic rings. The molecule has 0 aliphatic carbocycles. The number of carbonyl (C=O) groups excluding carboxylic acids is 1. The van der Waals surface area contributed by atoms with Gasteiger partial charge >= 0.3 is 0 Å². The molecule has 1 heterocycles. The van der Waals surface area contributed by atoms with E-state index in [-0.39, 0.29) is 17.9 Å². The molecule has 0 saturated carbocycles. The van der Waals surface area contributed by atoms with Crippen molar-refractivity contribution in [2.45, 2.75) is 20.3 Å². The fourth-order valence-corrected chi connectivity index (χ4v) is 1.88. The summed E-state index contributed by atoms with van der Waals surface area (Å²) in [6, 6.07) is 6.96. The molecule has 0 saturated heterocycles. The highest BCUT2D eigenvalue weighted by atomic mass is 16.4. The third-order valence-electron chi connectivity index (χ3n) is 3.27. The van der Waals surface area contributed by atoms with Crippen LogP contribution < -0.4 is 5.32 Å². The molecule has 2 rings (SSSR count). The Bertz CT molecular complexity index is 577. The molecule has 1 aromatic heterocycles. The van der Waals surface area contributed by atoms with Crippen molar-refractivity contribution in [2.75, 3.05) is 13.2 Å². The van der Waals surface area contributed by atoms with Gasteiger partial charge in [-0.2, -0.15) is 0 Å². The molecule has 0 unspecified atom stereocenters. The zero-order chi connectivity index (χ0) is 15.3. The van der Waals surface area contributed by atoms with Gasteiger partial charge in [0, 0.05) is 24.3 Å². The largest absolute Gasteiger partial charge is 0.423 e. The predicted octanol–water partition coefficient (Wildman–Crippen LogP) is 1.87. The summed E-state index contributed by atoms with van der Waals surface area (Å²) >= 11 is 0.